The summed E-state index contributed by atoms with van der Waals surface area (Å²) in [7, 11) is 0. The SMILES string of the molecule is CC(C)[C@@H](NC(=O)CCN1C(=O)c2ccccc2C1=O)C(=O)N1CCCC1. The fraction of sp³-hybridized carbons (Fsp3) is 0.500. The number of likely N-dealkylation sites (tertiary alicyclic amines) is 1. The van der Waals surface area contributed by atoms with E-state index in [1.165, 1.54) is 0 Å². The number of hydrogen-bond donors (Lipinski definition) is 1. The van der Waals surface area contributed by atoms with E-state index < -0.39 is 6.04 Å². The normalized spacial score (nSPS) is 17.4. The molecule has 3 rings (SSSR count). The van der Waals surface area contributed by atoms with Crippen LogP contribution in [0.15, 0.2) is 24.3 Å². The van der Waals surface area contributed by atoms with E-state index in [1.54, 1.807) is 29.2 Å². The minimum Gasteiger partial charge on any atom is -0.344 e. The molecule has 0 spiro atoms. The van der Waals surface area contributed by atoms with Crippen molar-refractivity contribution in [1.82, 2.24) is 15.1 Å². The number of carbonyl (C=O) groups is 4. The molecule has 1 aromatic carbocycles. The van der Waals surface area contributed by atoms with E-state index in [0.29, 0.717) is 11.1 Å². The monoisotopic (exact) mass is 371 g/mol. The van der Waals surface area contributed by atoms with Gasteiger partial charge in [0.05, 0.1) is 11.1 Å². The third-order valence-corrected chi connectivity index (χ3v) is 5.11. The second kappa shape index (κ2) is 7.90. The van der Waals surface area contributed by atoms with Crippen molar-refractivity contribution in [2.45, 2.75) is 39.2 Å². The highest BCUT2D eigenvalue weighted by Crippen LogP contribution is 2.22. The molecule has 0 unspecified atom stereocenters. The number of rotatable bonds is 6. The molecule has 1 N–H and O–H groups in total. The third kappa shape index (κ3) is 3.86. The van der Waals surface area contributed by atoms with Gasteiger partial charge in [-0.15, -0.1) is 0 Å². The first-order valence-corrected chi connectivity index (χ1v) is 9.43. The van der Waals surface area contributed by atoms with E-state index in [2.05, 4.69) is 5.32 Å². The molecule has 0 bridgehead atoms. The quantitative estimate of drug-likeness (QED) is 0.767. The van der Waals surface area contributed by atoms with Crippen LogP contribution in [0.2, 0.25) is 0 Å². The molecule has 1 fully saturated rings. The minimum atomic E-state index is -0.585. The van der Waals surface area contributed by atoms with Crippen molar-refractivity contribution in [1.29, 1.82) is 0 Å². The Bertz CT molecular complexity index is 733. The lowest BCUT2D eigenvalue weighted by molar-refractivity contribution is -0.136. The van der Waals surface area contributed by atoms with Crippen molar-refractivity contribution < 1.29 is 19.2 Å². The number of benzene rings is 1. The van der Waals surface area contributed by atoms with E-state index in [4.69, 9.17) is 0 Å². The molecule has 1 saturated heterocycles. The highest BCUT2D eigenvalue weighted by Gasteiger charge is 2.35. The molecule has 7 heteroatoms. The van der Waals surface area contributed by atoms with Gasteiger partial charge >= 0.3 is 0 Å². The second-order valence-electron chi connectivity index (χ2n) is 7.38. The fourth-order valence-corrected chi connectivity index (χ4v) is 3.55. The minimum absolute atomic E-state index is 0.000893. The molecule has 0 aliphatic carbocycles. The lowest BCUT2D eigenvalue weighted by atomic mass is 10.0. The lowest BCUT2D eigenvalue weighted by Gasteiger charge is -2.27. The maximum atomic E-state index is 12.6. The van der Waals surface area contributed by atoms with Gasteiger partial charge in [0.25, 0.3) is 11.8 Å². The Morgan fingerprint density at radius 2 is 1.59 bits per heavy atom. The first-order valence-electron chi connectivity index (χ1n) is 9.43. The molecular weight excluding hydrogens is 346 g/mol. The van der Waals surface area contributed by atoms with Crippen LogP contribution in [0.1, 0.15) is 53.8 Å². The largest absolute Gasteiger partial charge is 0.344 e. The maximum Gasteiger partial charge on any atom is 0.261 e. The van der Waals surface area contributed by atoms with Crippen LogP contribution in [0.5, 0.6) is 0 Å². The van der Waals surface area contributed by atoms with E-state index in [9.17, 15) is 19.2 Å². The average molecular weight is 371 g/mol. The van der Waals surface area contributed by atoms with Crippen LogP contribution in [-0.2, 0) is 9.59 Å². The predicted molar refractivity (Wildman–Crippen MR) is 99.0 cm³/mol. The zero-order chi connectivity index (χ0) is 19.6. The Morgan fingerprint density at radius 3 is 2.11 bits per heavy atom. The molecule has 7 nitrogen and oxygen atoms in total. The van der Waals surface area contributed by atoms with Gasteiger partial charge in [-0.05, 0) is 30.9 Å². The number of nitrogens with one attached hydrogen (secondary N) is 1. The van der Waals surface area contributed by atoms with E-state index in [0.717, 1.165) is 30.8 Å². The van der Waals surface area contributed by atoms with E-state index >= 15 is 0 Å². The van der Waals surface area contributed by atoms with Crippen molar-refractivity contribution in [2.75, 3.05) is 19.6 Å². The molecule has 0 radical (unpaired) electrons. The van der Waals surface area contributed by atoms with Crippen LogP contribution >= 0.6 is 0 Å². The molecule has 4 amide bonds. The molecule has 1 aromatic rings. The zero-order valence-corrected chi connectivity index (χ0v) is 15.7. The molecule has 2 aliphatic heterocycles. The summed E-state index contributed by atoms with van der Waals surface area (Å²) in [5, 5.41) is 2.79. The van der Waals surface area contributed by atoms with Gasteiger partial charge in [0.1, 0.15) is 6.04 Å². The molecule has 2 heterocycles. The summed E-state index contributed by atoms with van der Waals surface area (Å²) in [5.41, 5.74) is 0.736. The van der Waals surface area contributed by atoms with Crippen molar-refractivity contribution in [3.63, 3.8) is 0 Å². The van der Waals surface area contributed by atoms with Gasteiger partial charge < -0.3 is 10.2 Å². The fourth-order valence-electron chi connectivity index (χ4n) is 3.55. The van der Waals surface area contributed by atoms with Crippen molar-refractivity contribution >= 4 is 23.6 Å². The van der Waals surface area contributed by atoms with Gasteiger partial charge in [0.2, 0.25) is 11.8 Å². The first kappa shape index (κ1) is 19.1. The van der Waals surface area contributed by atoms with Gasteiger partial charge in [-0.25, -0.2) is 0 Å². The Hall–Kier alpha value is -2.70. The molecule has 2 aliphatic rings. The summed E-state index contributed by atoms with van der Waals surface area (Å²) in [6.45, 7) is 5.24. The second-order valence-corrected chi connectivity index (χ2v) is 7.38. The lowest BCUT2D eigenvalue weighted by Crippen LogP contribution is -2.51. The van der Waals surface area contributed by atoms with Crippen LogP contribution in [0.4, 0.5) is 0 Å². The number of fused-ring (bicyclic) bond motifs is 1. The van der Waals surface area contributed by atoms with Gasteiger partial charge in [0, 0.05) is 26.1 Å². The van der Waals surface area contributed by atoms with Crippen LogP contribution in [-0.4, -0.2) is 59.1 Å². The number of carbonyl (C=O) groups excluding carboxylic acids is 4. The van der Waals surface area contributed by atoms with Gasteiger partial charge in [-0.3, -0.25) is 24.1 Å². The van der Waals surface area contributed by atoms with E-state index in [-0.39, 0.29) is 42.5 Å². The molecular formula is C20H25N3O4. The molecule has 1 atom stereocenters. The number of nitrogens with zero attached hydrogens (tertiary/aromatic N) is 2. The zero-order valence-electron chi connectivity index (χ0n) is 15.7. The molecule has 27 heavy (non-hydrogen) atoms. The third-order valence-electron chi connectivity index (χ3n) is 5.11. The first-order chi connectivity index (χ1) is 12.9. The standard InChI is InChI=1S/C20H25N3O4/c1-13(2)17(20(27)22-10-5-6-11-22)21-16(24)9-12-23-18(25)14-7-3-4-8-15(14)19(23)26/h3-4,7-8,13,17H,5-6,9-12H2,1-2H3,(H,21,24)/t17-/m1/s1. The highest BCUT2D eigenvalue weighted by atomic mass is 16.2. The summed E-state index contributed by atoms with van der Waals surface area (Å²) >= 11 is 0. The highest BCUT2D eigenvalue weighted by molar-refractivity contribution is 6.21. The van der Waals surface area contributed by atoms with Crippen LogP contribution in [0.3, 0.4) is 0 Å². The van der Waals surface area contributed by atoms with Gasteiger partial charge in [-0.1, -0.05) is 26.0 Å². The number of hydrogen-bond acceptors (Lipinski definition) is 4. The smallest absolute Gasteiger partial charge is 0.261 e. The van der Waals surface area contributed by atoms with Crippen molar-refractivity contribution in [3.8, 4) is 0 Å². The molecule has 144 valence electrons. The predicted octanol–water partition coefficient (Wildman–Crippen LogP) is 1.44. The summed E-state index contributed by atoms with van der Waals surface area (Å²) in [6.07, 6.45) is 1.95. The van der Waals surface area contributed by atoms with Crippen LogP contribution < -0.4 is 5.32 Å². The summed E-state index contributed by atoms with van der Waals surface area (Å²) in [5.74, 6) is -1.19. The Kier molecular flexibility index (Phi) is 5.58. The summed E-state index contributed by atoms with van der Waals surface area (Å²) in [4.78, 5) is 52.6. The Morgan fingerprint density at radius 1 is 1.04 bits per heavy atom. The summed E-state index contributed by atoms with van der Waals surface area (Å²) < 4.78 is 0. The Balaban J connectivity index is 1.58. The number of amides is 4. The maximum absolute atomic E-state index is 12.6. The topological polar surface area (TPSA) is 86.8 Å². The van der Waals surface area contributed by atoms with Crippen LogP contribution in [0, 0.1) is 5.92 Å². The number of imide groups is 1. The molecule has 0 saturated carbocycles. The average Bonchev–Trinajstić information content (AvgIpc) is 3.26. The van der Waals surface area contributed by atoms with Crippen LogP contribution in [0.25, 0.3) is 0 Å². The van der Waals surface area contributed by atoms with Gasteiger partial charge in [-0.2, -0.15) is 0 Å². The van der Waals surface area contributed by atoms with Crippen molar-refractivity contribution in [3.05, 3.63) is 35.4 Å². The summed E-state index contributed by atoms with van der Waals surface area (Å²) in [6, 6.07) is 6.05. The van der Waals surface area contributed by atoms with Gasteiger partial charge in [0.15, 0.2) is 0 Å². The van der Waals surface area contributed by atoms with E-state index in [1.807, 2.05) is 13.8 Å². The Labute approximate surface area is 158 Å². The molecule has 0 aromatic heterocycles. The van der Waals surface area contributed by atoms with Crippen molar-refractivity contribution in [2.24, 2.45) is 5.92 Å².